The number of rotatable bonds is 2. The van der Waals surface area contributed by atoms with E-state index in [2.05, 4.69) is 11.6 Å². The zero-order valence-corrected chi connectivity index (χ0v) is 4.89. The molecule has 0 unspecified atom stereocenters. The highest BCUT2D eigenvalue weighted by Crippen LogP contribution is 1.84. The monoisotopic (exact) mass is 108 g/mol. The van der Waals surface area contributed by atoms with E-state index >= 15 is 0 Å². The number of hydrogen-bond donors (Lipinski definition) is 0. The van der Waals surface area contributed by atoms with Crippen molar-refractivity contribution in [2.45, 2.75) is 13.3 Å². The van der Waals surface area contributed by atoms with Gasteiger partial charge < -0.3 is 0 Å². The molecule has 0 radical (unpaired) electrons. The van der Waals surface area contributed by atoms with E-state index in [0.717, 1.165) is 12.1 Å². The topological polar surface area (TPSA) is 36.1 Å². The van der Waals surface area contributed by atoms with Crippen molar-refractivity contribution in [2.24, 2.45) is 4.99 Å². The molecule has 8 heavy (non-hydrogen) atoms. The maximum absolute atomic E-state index is 8.01. The number of nitrogens with zero attached hydrogens (tertiary/aromatic N) is 2. The molecule has 0 aromatic rings. The Hall–Kier alpha value is -1.10. The summed E-state index contributed by atoms with van der Waals surface area (Å²) < 4.78 is 0. The van der Waals surface area contributed by atoms with Gasteiger partial charge in [0.1, 0.15) is 0 Å². The molecule has 0 aromatic carbocycles. The molecule has 0 bridgehead atoms. The van der Waals surface area contributed by atoms with E-state index < -0.39 is 0 Å². The Morgan fingerprint density at radius 2 is 2.62 bits per heavy atom. The second-order valence-electron chi connectivity index (χ2n) is 1.26. The average molecular weight is 108 g/mol. The first-order valence-electron chi connectivity index (χ1n) is 2.43. The molecular weight excluding hydrogens is 100 g/mol. The predicted molar refractivity (Wildman–Crippen MR) is 33.5 cm³/mol. The molecule has 0 N–H and O–H groups in total. The molecule has 0 heterocycles. The van der Waals surface area contributed by atoms with E-state index in [1.807, 2.05) is 6.92 Å². The Bertz CT molecular complexity index is 139. The summed E-state index contributed by atoms with van der Waals surface area (Å²) >= 11 is 0. The number of aliphatic imine (C=N–C) groups is 1. The number of nitriles is 1. The molecule has 2 nitrogen and oxygen atoms in total. The van der Waals surface area contributed by atoms with Gasteiger partial charge in [0.15, 0.2) is 0 Å². The summed E-state index contributed by atoms with van der Waals surface area (Å²) in [7, 11) is 0. The molecule has 0 aliphatic rings. The molecule has 0 aliphatic carbocycles. The molecule has 0 saturated heterocycles. The Morgan fingerprint density at radius 1 is 2.00 bits per heavy atom. The van der Waals surface area contributed by atoms with Gasteiger partial charge in [-0.1, -0.05) is 13.5 Å². The molecule has 0 rings (SSSR count). The van der Waals surface area contributed by atoms with E-state index in [4.69, 9.17) is 5.26 Å². The van der Waals surface area contributed by atoms with E-state index in [-0.39, 0.29) is 0 Å². The van der Waals surface area contributed by atoms with Gasteiger partial charge in [0, 0.05) is 0 Å². The molecule has 0 spiro atoms. The van der Waals surface area contributed by atoms with Crippen molar-refractivity contribution in [3.05, 3.63) is 12.7 Å². The molecule has 0 amide bonds. The van der Waals surface area contributed by atoms with Crippen LogP contribution >= 0.6 is 0 Å². The smallest absolute Gasteiger partial charge is 0.178 e. The lowest BCUT2D eigenvalue weighted by Gasteiger charge is -1.84. The first-order chi connectivity index (χ1) is 3.85. The van der Waals surface area contributed by atoms with Crippen molar-refractivity contribution in [3.63, 3.8) is 0 Å². The van der Waals surface area contributed by atoms with Gasteiger partial charge in [-0.05, 0) is 12.5 Å². The Labute approximate surface area is 49.2 Å². The molecule has 0 aromatic heterocycles. The van der Waals surface area contributed by atoms with Crippen LogP contribution in [0.5, 0.6) is 0 Å². The third-order valence-corrected chi connectivity index (χ3v) is 0.791. The second-order valence-corrected chi connectivity index (χ2v) is 1.26. The van der Waals surface area contributed by atoms with Crippen LogP contribution in [0.4, 0.5) is 0 Å². The minimum absolute atomic E-state index is 0.743. The minimum atomic E-state index is 0.743. The van der Waals surface area contributed by atoms with Crippen molar-refractivity contribution in [2.75, 3.05) is 0 Å². The summed E-state index contributed by atoms with van der Waals surface area (Å²) in [5, 5.41) is 8.01. The van der Waals surface area contributed by atoms with Gasteiger partial charge in [-0.15, -0.1) is 0 Å². The van der Waals surface area contributed by atoms with Gasteiger partial charge in [0.25, 0.3) is 0 Å². The highest BCUT2D eigenvalue weighted by molar-refractivity contribution is 5.94. The zero-order valence-electron chi connectivity index (χ0n) is 4.89. The van der Waals surface area contributed by atoms with Gasteiger partial charge in [0.2, 0.25) is 6.19 Å². The molecular formula is C6H8N2. The van der Waals surface area contributed by atoms with Crippen molar-refractivity contribution in [3.8, 4) is 6.19 Å². The molecule has 0 fully saturated rings. The Kier molecular flexibility index (Phi) is 3.51. The average Bonchev–Trinajstić information content (AvgIpc) is 1.83. The van der Waals surface area contributed by atoms with E-state index in [0.29, 0.717) is 0 Å². The second kappa shape index (κ2) is 4.07. The molecule has 0 atom stereocenters. The summed E-state index contributed by atoms with van der Waals surface area (Å²) in [4.78, 5) is 3.47. The van der Waals surface area contributed by atoms with Crippen LogP contribution in [-0.2, 0) is 0 Å². The minimum Gasteiger partial charge on any atom is -0.178 e. The molecule has 42 valence electrons. The third kappa shape index (κ3) is 2.14. The van der Waals surface area contributed by atoms with Crippen molar-refractivity contribution in [1.29, 1.82) is 5.26 Å². The summed E-state index contributed by atoms with van der Waals surface area (Å²) in [5.74, 6) is 0. The van der Waals surface area contributed by atoms with Gasteiger partial charge in [0.05, 0.1) is 5.71 Å². The van der Waals surface area contributed by atoms with Crippen molar-refractivity contribution >= 4 is 5.71 Å². The number of hydrogen-bond acceptors (Lipinski definition) is 2. The van der Waals surface area contributed by atoms with E-state index in [1.54, 1.807) is 12.3 Å². The predicted octanol–water partition coefficient (Wildman–Crippen LogP) is 1.50. The van der Waals surface area contributed by atoms with Crippen LogP contribution < -0.4 is 0 Å². The first-order valence-corrected chi connectivity index (χ1v) is 2.43. The van der Waals surface area contributed by atoms with E-state index in [1.165, 1.54) is 0 Å². The highest BCUT2D eigenvalue weighted by Gasteiger charge is 1.83. The van der Waals surface area contributed by atoms with Crippen LogP contribution in [0.15, 0.2) is 17.6 Å². The quantitative estimate of drug-likeness (QED) is 0.390. The first kappa shape index (κ1) is 6.90. The van der Waals surface area contributed by atoms with Gasteiger partial charge >= 0.3 is 0 Å². The summed E-state index contributed by atoms with van der Waals surface area (Å²) in [6, 6.07) is 0. The summed E-state index contributed by atoms with van der Waals surface area (Å²) in [6.45, 7) is 5.40. The lowest BCUT2D eigenvalue weighted by molar-refractivity contribution is 1.28. The fraction of sp³-hybridized carbons (Fsp3) is 0.333. The largest absolute Gasteiger partial charge is 0.205 e. The number of allylic oxidation sites excluding steroid dienone is 1. The lowest BCUT2D eigenvalue weighted by atomic mass is 10.3. The van der Waals surface area contributed by atoms with Crippen LogP contribution in [-0.4, -0.2) is 5.71 Å². The summed E-state index contributed by atoms with van der Waals surface area (Å²) in [5.41, 5.74) is 0.743. The normalized spacial score (nSPS) is 10.2. The van der Waals surface area contributed by atoms with Crippen LogP contribution in [0, 0.1) is 11.5 Å². The van der Waals surface area contributed by atoms with Crippen LogP contribution in [0.3, 0.4) is 0 Å². The Morgan fingerprint density at radius 3 is 2.75 bits per heavy atom. The maximum atomic E-state index is 8.01. The SMILES string of the molecule is C=C/C(CC)=N\C#N. The van der Waals surface area contributed by atoms with Gasteiger partial charge in [-0.25, -0.2) is 0 Å². The zero-order chi connectivity index (χ0) is 6.41. The molecule has 0 aliphatic heterocycles. The van der Waals surface area contributed by atoms with Crippen LogP contribution in [0.1, 0.15) is 13.3 Å². The van der Waals surface area contributed by atoms with Crippen molar-refractivity contribution in [1.82, 2.24) is 0 Å². The van der Waals surface area contributed by atoms with Gasteiger partial charge in [-0.3, -0.25) is 0 Å². The fourth-order valence-electron chi connectivity index (χ4n) is 0.333. The molecule has 0 saturated carbocycles. The van der Waals surface area contributed by atoms with Gasteiger partial charge in [-0.2, -0.15) is 10.3 Å². The van der Waals surface area contributed by atoms with Crippen LogP contribution in [0.2, 0.25) is 0 Å². The molecule has 2 heteroatoms. The maximum Gasteiger partial charge on any atom is 0.205 e. The lowest BCUT2D eigenvalue weighted by Crippen LogP contribution is -1.86. The fourth-order valence-corrected chi connectivity index (χ4v) is 0.333. The van der Waals surface area contributed by atoms with E-state index in [9.17, 15) is 0 Å². The highest BCUT2D eigenvalue weighted by atomic mass is 14.7. The standard InChI is InChI=1S/C6H8N2/c1-3-6(4-2)8-5-7/h3H,1,4H2,2H3/b8-6+. The van der Waals surface area contributed by atoms with Crippen LogP contribution in [0.25, 0.3) is 0 Å². The van der Waals surface area contributed by atoms with Crippen molar-refractivity contribution < 1.29 is 0 Å². The summed E-state index contributed by atoms with van der Waals surface area (Å²) in [6.07, 6.45) is 4.05. The Balaban J connectivity index is 3.91. The third-order valence-electron chi connectivity index (χ3n) is 0.791.